The number of halogens is 5. The summed E-state index contributed by atoms with van der Waals surface area (Å²) in [4.78, 5) is 12.3. The maximum atomic E-state index is 13.5. The van der Waals surface area contributed by atoms with Crippen LogP contribution in [-0.4, -0.2) is 11.2 Å². The number of hydrogen-bond acceptors (Lipinski definition) is 2. The van der Waals surface area contributed by atoms with Crippen LogP contribution in [0, 0.1) is 11.6 Å². The average molecular weight is 361 g/mol. The van der Waals surface area contributed by atoms with Crippen LogP contribution in [0.3, 0.4) is 0 Å². The predicted molar refractivity (Wildman–Crippen MR) is 81.8 cm³/mol. The lowest BCUT2D eigenvalue weighted by Gasteiger charge is -2.14. The van der Waals surface area contributed by atoms with Gasteiger partial charge in [0.15, 0.2) is 0 Å². The summed E-state index contributed by atoms with van der Waals surface area (Å²) in [7, 11) is 0. The topological polar surface area (TPSA) is 29.1 Å². The van der Waals surface area contributed by atoms with Crippen LogP contribution in [0.5, 0.6) is 0 Å². The van der Waals surface area contributed by atoms with Gasteiger partial charge < -0.3 is 5.32 Å². The molecule has 2 nitrogen and oxygen atoms in total. The smallest absolute Gasteiger partial charge is 0.323 e. The van der Waals surface area contributed by atoms with Crippen molar-refractivity contribution >= 4 is 23.4 Å². The van der Waals surface area contributed by atoms with Crippen molar-refractivity contribution in [2.45, 2.75) is 23.2 Å². The molecule has 2 rings (SSSR count). The second-order valence-electron chi connectivity index (χ2n) is 4.90. The fourth-order valence-corrected chi connectivity index (χ4v) is 2.76. The van der Waals surface area contributed by atoms with Crippen molar-refractivity contribution in [3.05, 3.63) is 59.7 Å². The zero-order valence-corrected chi connectivity index (χ0v) is 13.1. The standard InChI is InChI=1S/C16H12F5NOS/c1-9(15(23)22-14-8-11(17)5-6-13(14)18)24-12-4-2-3-10(7-12)16(19,20)21/h2-9H,1H3,(H,22,23)/t9-/m0/s1. The molecule has 0 saturated carbocycles. The number of alkyl halides is 3. The van der Waals surface area contributed by atoms with E-state index < -0.39 is 34.5 Å². The van der Waals surface area contributed by atoms with Crippen LogP contribution in [0.2, 0.25) is 0 Å². The van der Waals surface area contributed by atoms with Crippen LogP contribution >= 0.6 is 11.8 Å². The van der Waals surface area contributed by atoms with Crippen LogP contribution in [0.1, 0.15) is 12.5 Å². The second kappa shape index (κ2) is 7.21. The molecule has 8 heteroatoms. The third-order valence-electron chi connectivity index (χ3n) is 3.03. The van der Waals surface area contributed by atoms with Crippen molar-refractivity contribution in [2.75, 3.05) is 5.32 Å². The van der Waals surface area contributed by atoms with E-state index in [-0.39, 0.29) is 10.6 Å². The Balaban J connectivity index is 2.08. The third kappa shape index (κ3) is 4.70. The molecule has 0 fully saturated rings. The minimum absolute atomic E-state index is 0.243. The molecule has 0 saturated heterocycles. The Morgan fingerprint density at radius 2 is 1.83 bits per heavy atom. The zero-order valence-electron chi connectivity index (χ0n) is 12.3. The molecule has 2 aromatic carbocycles. The molecule has 1 atom stereocenters. The summed E-state index contributed by atoms with van der Waals surface area (Å²) in [6.07, 6.45) is -4.48. The van der Waals surface area contributed by atoms with E-state index in [2.05, 4.69) is 5.32 Å². The van der Waals surface area contributed by atoms with Crippen molar-refractivity contribution in [1.29, 1.82) is 0 Å². The molecule has 1 N–H and O–H groups in total. The Morgan fingerprint density at radius 1 is 1.12 bits per heavy atom. The monoisotopic (exact) mass is 361 g/mol. The van der Waals surface area contributed by atoms with Gasteiger partial charge in [-0.2, -0.15) is 13.2 Å². The average Bonchev–Trinajstić information content (AvgIpc) is 2.50. The number of carbonyl (C=O) groups is 1. The maximum Gasteiger partial charge on any atom is 0.416 e. The van der Waals surface area contributed by atoms with Gasteiger partial charge in [0.1, 0.15) is 11.6 Å². The first-order chi connectivity index (χ1) is 11.2. The fourth-order valence-electron chi connectivity index (χ4n) is 1.83. The van der Waals surface area contributed by atoms with Crippen molar-refractivity contribution < 1.29 is 26.7 Å². The summed E-state index contributed by atoms with van der Waals surface area (Å²) in [5, 5.41) is 1.41. The molecule has 1 amide bonds. The normalized spacial score (nSPS) is 12.8. The van der Waals surface area contributed by atoms with Crippen molar-refractivity contribution in [2.24, 2.45) is 0 Å². The molecular formula is C16H12F5NOS. The predicted octanol–water partition coefficient (Wildman–Crippen LogP) is 5.10. The maximum absolute atomic E-state index is 13.5. The molecule has 0 aliphatic carbocycles. The highest BCUT2D eigenvalue weighted by molar-refractivity contribution is 8.00. The molecular weight excluding hydrogens is 349 g/mol. The van der Waals surface area contributed by atoms with Gasteiger partial charge in [0.2, 0.25) is 5.91 Å². The number of amides is 1. The molecule has 0 radical (unpaired) electrons. The quantitative estimate of drug-likeness (QED) is 0.606. The van der Waals surface area contributed by atoms with E-state index in [4.69, 9.17) is 0 Å². The number of hydrogen-bond donors (Lipinski definition) is 1. The van der Waals surface area contributed by atoms with Crippen LogP contribution in [0.4, 0.5) is 27.6 Å². The number of rotatable bonds is 4. The minimum Gasteiger partial charge on any atom is -0.323 e. The van der Waals surface area contributed by atoms with Gasteiger partial charge in [-0.1, -0.05) is 6.07 Å². The Labute approximate surface area is 139 Å². The van der Waals surface area contributed by atoms with E-state index in [1.807, 2.05) is 0 Å². The molecule has 0 bridgehead atoms. The van der Waals surface area contributed by atoms with Crippen LogP contribution in [-0.2, 0) is 11.0 Å². The summed E-state index contributed by atoms with van der Waals surface area (Å²) in [6.45, 7) is 1.46. The second-order valence-corrected chi connectivity index (χ2v) is 6.31. The van der Waals surface area contributed by atoms with Crippen LogP contribution in [0.15, 0.2) is 47.4 Å². The van der Waals surface area contributed by atoms with Crippen molar-refractivity contribution in [3.8, 4) is 0 Å². The molecule has 0 heterocycles. The number of thioether (sulfide) groups is 1. The van der Waals surface area contributed by atoms with Gasteiger partial charge in [0.25, 0.3) is 0 Å². The molecule has 0 aromatic heterocycles. The first kappa shape index (κ1) is 18.3. The van der Waals surface area contributed by atoms with Crippen LogP contribution in [0.25, 0.3) is 0 Å². The highest BCUT2D eigenvalue weighted by Gasteiger charge is 2.30. The van der Waals surface area contributed by atoms with Gasteiger partial charge in [0, 0.05) is 11.0 Å². The molecule has 0 unspecified atom stereocenters. The Morgan fingerprint density at radius 3 is 2.50 bits per heavy atom. The lowest BCUT2D eigenvalue weighted by atomic mass is 10.2. The molecule has 0 aliphatic rings. The van der Waals surface area contributed by atoms with E-state index in [0.29, 0.717) is 0 Å². The third-order valence-corrected chi connectivity index (χ3v) is 4.12. The van der Waals surface area contributed by atoms with E-state index in [0.717, 1.165) is 42.1 Å². The summed E-state index contributed by atoms with van der Waals surface area (Å²) in [5.41, 5.74) is -1.15. The van der Waals surface area contributed by atoms with Crippen molar-refractivity contribution in [1.82, 2.24) is 0 Å². The minimum atomic E-state index is -4.48. The van der Waals surface area contributed by atoms with Gasteiger partial charge in [0.05, 0.1) is 16.5 Å². The Kier molecular flexibility index (Phi) is 5.48. The number of nitrogens with one attached hydrogen (secondary N) is 1. The van der Waals surface area contributed by atoms with E-state index in [1.54, 1.807) is 0 Å². The number of benzene rings is 2. The van der Waals surface area contributed by atoms with Gasteiger partial charge in [-0.05, 0) is 37.3 Å². The van der Waals surface area contributed by atoms with Crippen LogP contribution < -0.4 is 5.32 Å². The SMILES string of the molecule is C[C@H](Sc1cccc(C(F)(F)F)c1)C(=O)Nc1cc(F)ccc1F. The lowest BCUT2D eigenvalue weighted by molar-refractivity contribution is -0.137. The summed E-state index contributed by atoms with van der Waals surface area (Å²) < 4.78 is 64.6. The Hall–Kier alpha value is -2.09. The first-order valence-corrected chi connectivity index (χ1v) is 7.64. The molecule has 2 aromatic rings. The van der Waals surface area contributed by atoms with E-state index in [9.17, 15) is 26.7 Å². The first-order valence-electron chi connectivity index (χ1n) is 6.76. The highest BCUT2D eigenvalue weighted by atomic mass is 32.2. The summed E-state index contributed by atoms with van der Waals surface area (Å²) >= 11 is 0.883. The summed E-state index contributed by atoms with van der Waals surface area (Å²) in [6, 6.07) is 7.14. The van der Waals surface area contributed by atoms with E-state index in [1.165, 1.54) is 19.1 Å². The van der Waals surface area contributed by atoms with Crippen molar-refractivity contribution in [3.63, 3.8) is 0 Å². The highest BCUT2D eigenvalue weighted by Crippen LogP contribution is 2.33. The number of carbonyl (C=O) groups excluding carboxylic acids is 1. The molecule has 128 valence electrons. The summed E-state index contributed by atoms with van der Waals surface area (Å²) in [5.74, 6) is -2.17. The largest absolute Gasteiger partial charge is 0.416 e. The molecule has 0 spiro atoms. The van der Waals surface area contributed by atoms with E-state index >= 15 is 0 Å². The molecule has 24 heavy (non-hydrogen) atoms. The number of anilines is 1. The van der Waals surface area contributed by atoms with Gasteiger partial charge >= 0.3 is 6.18 Å². The lowest BCUT2D eigenvalue weighted by Crippen LogP contribution is -2.23. The fraction of sp³-hybridized carbons (Fsp3) is 0.188. The van der Waals surface area contributed by atoms with Gasteiger partial charge in [-0.25, -0.2) is 8.78 Å². The molecule has 0 aliphatic heterocycles. The Bertz CT molecular complexity index is 747. The van der Waals surface area contributed by atoms with Gasteiger partial charge in [-0.3, -0.25) is 4.79 Å². The van der Waals surface area contributed by atoms with Gasteiger partial charge in [-0.15, -0.1) is 11.8 Å². The zero-order chi connectivity index (χ0) is 17.9.